The van der Waals surface area contributed by atoms with E-state index in [4.69, 9.17) is 9.47 Å². The summed E-state index contributed by atoms with van der Waals surface area (Å²) in [5.41, 5.74) is 0.963. The van der Waals surface area contributed by atoms with E-state index in [1.54, 1.807) is 26.0 Å². The normalized spacial score (nSPS) is 12.3. The SMILES string of the molecule is CCNC(=O)c1cc(S(=O)(=O)NC(C)c2ccc(OCC)cc2)ccc1OC. The molecule has 8 heteroatoms. The van der Waals surface area contributed by atoms with Gasteiger partial charge in [0.2, 0.25) is 10.0 Å². The fourth-order valence-corrected chi connectivity index (χ4v) is 3.93. The van der Waals surface area contributed by atoms with E-state index in [1.807, 2.05) is 19.1 Å². The van der Waals surface area contributed by atoms with E-state index in [1.165, 1.54) is 25.3 Å². The maximum absolute atomic E-state index is 12.8. The van der Waals surface area contributed by atoms with Gasteiger partial charge in [-0.25, -0.2) is 13.1 Å². The number of carbonyl (C=O) groups is 1. The number of rotatable bonds is 9. The molecule has 0 saturated heterocycles. The average Bonchev–Trinajstić information content (AvgIpc) is 2.68. The van der Waals surface area contributed by atoms with Crippen LogP contribution in [0.5, 0.6) is 11.5 Å². The molecule has 2 aromatic carbocycles. The summed E-state index contributed by atoms with van der Waals surface area (Å²) in [7, 11) is -2.41. The van der Waals surface area contributed by atoms with Crippen LogP contribution in [0.2, 0.25) is 0 Å². The fourth-order valence-electron chi connectivity index (χ4n) is 2.68. The van der Waals surface area contributed by atoms with Gasteiger partial charge in [0.05, 0.1) is 24.2 Å². The molecular formula is C20H26N2O5S. The van der Waals surface area contributed by atoms with Crippen molar-refractivity contribution in [2.75, 3.05) is 20.3 Å². The molecule has 0 aliphatic carbocycles. The molecule has 0 heterocycles. The molecule has 152 valence electrons. The molecule has 0 aliphatic heterocycles. The van der Waals surface area contributed by atoms with Crippen LogP contribution in [-0.2, 0) is 10.0 Å². The Balaban J connectivity index is 2.25. The summed E-state index contributed by atoms with van der Waals surface area (Å²) in [5.74, 6) is 0.642. The lowest BCUT2D eigenvalue weighted by Crippen LogP contribution is -2.28. The van der Waals surface area contributed by atoms with Crippen molar-refractivity contribution in [2.45, 2.75) is 31.7 Å². The molecule has 1 unspecified atom stereocenters. The van der Waals surface area contributed by atoms with Gasteiger partial charge in [-0.3, -0.25) is 4.79 Å². The number of benzene rings is 2. The van der Waals surface area contributed by atoms with Gasteiger partial charge in [-0.05, 0) is 56.7 Å². The third-order valence-electron chi connectivity index (χ3n) is 4.09. The highest BCUT2D eigenvalue weighted by Crippen LogP contribution is 2.24. The molecule has 0 radical (unpaired) electrons. The van der Waals surface area contributed by atoms with Gasteiger partial charge in [0.15, 0.2) is 0 Å². The summed E-state index contributed by atoms with van der Waals surface area (Å²) in [6, 6.07) is 11.0. The second-order valence-electron chi connectivity index (χ2n) is 6.07. The van der Waals surface area contributed by atoms with Crippen LogP contribution in [0, 0.1) is 0 Å². The summed E-state index contributed by atoms with van der Waals surface area (Å²) in [6.45, 7) is 6.42. The first-order valence-electron chi connectivity index (χ1n) is 9.03. The standard InChI is InChI=1S/C20H26N2O5S/c1-5-21-20(23)18-13-17(11-12-19(18)26-4)28(24,25)22-14(3)15-7-9-16(10-8-15)27-6-2/h7-14,22H,5-6H2,1-4H3,(H,21,23). The van der Waals surface area contributed by atoms with E-state index in [0.717, 1.165) is 11.3 Å². The maximum atomic E-state index is 12.8. The first kappa shape index (κ1) is 21.7. The Morgan fingerprint density at radius 3 is 2.36 bits per heavy atom. The largest absolute Gasteiger partial charge is 0.496 e. The van der Waals surface area contributed by atoms with Gasteiger partial charge in [0.1, 0.15) is 11.5 Å². The highest BCUT2D eigenvalue weighted by atomic mass is 32.2. The third-order valence-corrected chi connectivity index (χ3v) is 5.62. The van der Waals surface area contributed by atoms with E-state index < -0.39 is 22.0 Å². The topological polar surface area (TPSA) is 93.7 Å². The Kier molecular flexibility index (Phi) is 7.42. The van der Waals surface area contributed by atoms with Crippen LogP contribution in [0.15, 0.2) is 47.4 Å². The Bertz CT molecular complexity index is 911. The minimum atomic E-state index is -3.84. The molecular weight excluding hydrogens is 380 g/mol. The van der Waals surface area contributed by atoms with E-state index >= 15 is 0 Å². The van der Waals surface area contributed by atoms with Crippen molar-refractivity contribution in [3.8, 4) is 11.5 Å². The van der Waals surface area contributed by atoms with Crippen LogP contribution in [0.4, 0.5) is 0 Å². The number of ether oxygens (including phenoxy) is 2. The maximum Gasteiger partial charge on any atom is 0.255 e. The number of amides is 1. The minimum absolute atomic E-state index is 0.00709. The molecule has 28 heavy (non-hydrogen) atoms. The number of methoxy groups -OCH3 is 1. The lowest BCUT2D eigenvalue weighted by molar-refractivity contribution is 0.0952. The number of hydrogen-bond acceptors (Lipinski definition) is 5. The van der Waals surface area contributed by atoms with E-state index in [-0.39, 0.29) is 10.5 Å². The van der Waals surface area contributed by atoms with Crippen molar-refractivity contribution in [1.82, 2.24) is 10.0 Å². The highest BCUT2D eigenvalue weighted by Gasteiger charge is 2.22. The molecule has 7 nitrogen and oxygen atoms in total. The summed E-state index contributed by atoms with van der Waals surface area (Å²) in [4.78, 5) is 12.2. The molecule has 0 aromatic heterocycles. The van der Waals surface area contributed by atoms with Crippen molar-refractivity contribution in [1.29, 1.82) is 0 Å². The second kappa shape index (κ2) is 9.57. The third kappa shape index (κ3) is 5.24. The number of hydrogen-bond donors (Lipinski definition) is 2. The Hall–Kier alpha value is -2.58. The van der Waals surface area contributed by atoms with Crippen molar-refractivity contribution in [2.24, 2.45) is 0 Å². The quantitative estimate of drug-likeness (QED) is 0.668. The predicted octanol–water partition coefficient (Wildman–Crippen LogP) is 2.88. The monoisotopic (exact) mass is 406 g/mol. The first-order valence-corrected chi connectivity index (χ1v) is 10.5. The predicted molar refractivity (Wildman–Crippen MR) is 107 cm³/mol. The van der Waals surface area contributed by atoms with Crippen molar-refractivity contribution in [3.63, 3.8) is 0 Å². The van der Waals surface area contributed by atoms with Gasteiger partial charge in [-0.15, -0.1) is 0 Å². The van der Waals surface area contributed by atoms with Crippen LogP contribution in [0.1, 0.15) is 42.7 Å². The Labute approximate surface area is 166 Å². The molecule has 0 spiro atoms. The van der Waals surface area contributed by atoms with Gasteiger partial charge in [0, 0.05) is 12.6 Å². The second-order valence-corrected chi connectivity index (χ2v) is 7.78. The van der Waals surface area contributed by atoms with Gasteiger partial charge in [0.25, 0.3) is 5.91 Å². The zero-order chi connectivity index (χ0) is 20.7. The highest BCUT2D eigenvalue weighted by molar-refractivity contribution is 7.89. The summed E-state index contributed by atoms with van der Waals surface area (Å²) in [5, 5.41) is 2.65. The molecule has 1 amide bonds. The summed E-state index contributed by atoms with van der Waals surface area (Å²) < 4.78 is 38.8. The van der Waals surface area contributed by atoms with E-state index in [2.05, 4.69) is 10.0 Å². The molecule has 0 fully saturated rings. The molecule has 0 aliphatic rings. The zero-order valence-electron chi connectivity index (χ0n) is 16.5. The molecule has 0 bridgehead atoms. The molecule has 1 atom stereocenters. The molecule has 2 aromatic rings. The average molecular weight is 407 g/mol. The first-order chi connectivity index (χ1) is 13.3. The molecule has 2 N–H and O–H groups in total. The van der Waals surface area contributed by atoms with Crippen molar-refractivity contribution in [3.05, 3.63) is 53.6 Å². The fraction of sp³-hybridized carbons (Fsp3) is 0.350. The van der Waals surface area contributed by atoms with Gasteiger partial charge < -0.3 is 14.8 Å². The number of nitrogens with one attached hydrogen (secondary N) is 2. The minimum Gasteiger partial charge on any atom is -0.496 e. The van der Waals surface area contributed by atoms with E-state index in [9.17, 15) is 13.2 Å². The van der Waals surface area contributed by atoms with Crippen LogP contribution >= 0.6 is 0 Å². The van der Waals surface area contributed by atoms with Gasteiger partial charge in [-0.2, -0.15) is 0 Å². The van der Waals surface area contributed by atoms with Crippen molar-refractivity contribution >= 4 is 15.9 Å². The summed E-state index contributed by atoms with van der Waals surface area (Å²) >= 11 is 0. The van der Waals surface area contributed by atoms with Gasteiger partial charge in [-0.1, -0.05) is 12.1 Å². The van der Waals surface area contributed by atoms with Gasteiger partial charge >= 0.3 is 0 Å². The number of sulfonamides is 1. The molecule has 2 rings (SSSR count). The smallest absolute Gasteiger partial charge is 0.255 e. The summed E-state index contributed by atoms with van der Waals surface area (Å²) in [6.07, 6.45) is 0. The Morgan fingerprint density at radius 2 is 1.79 bits per heavy atom. The van der Waals surface area contributed by atoms with Crippen molar-refractivity contribution < 1.29 is 22.7 Å². The van der Waals surface area contributed by atoms with Crippen LogP contribution in [0.3, 0.4) is 0 Å². The number of carbonyl (C=O) groups excluding carboxylic acids is 1. The zero-order valence-corrected chi connectivity index (χ0v) is 17.3. The Morgan fingerprint density at radius 1 is 1.11 bits per heavy atom. The lowest BCUT2D eigenvalue weighted by Gasteiger charge is -2.16. The van der Waals surface area contributed by atoms with Crippen LogP contribution in [-0.4, -0.2) is 34.6 Å². The van der Waals surface area contributed by atoms with E-state index in [0.29, 0.717) is 18.9 Å². The van der Waals surface area contributed by atoms with Crippen LogP contribution in [0.25, 0.3) is 0 Å². The molecule has 0 saturated carbocycles. The lowest BCUT2D eigenvalue weighted by atomic mass is 10.1. The van der Waals surface area contributed by atoms with Crippen LogP contribution < -0.4 is 19.5 Å².